The second-order valence-corrected chi connectivity index (χ2v) is 4.48. The third-order valence-electron chi connectivity index (χ3n) is 3.29. The standard InChI is InChI=1S/C10H19NO2/c1-8-7-13-10(11-8)4-2-9(6-12)3-5-10/h8-9,11-12H,2-7H2,1H3. The normalized spacial score (nSPS) is 45.7. The van der Waals surface area contributed by atoms with Crippen LogP contribution in [0, 0.1) is 5.92 Å². The Kier molecular flexibility index (Phi) is 2.58. The van der Waals surface area contributed by atoms with E-state index < -0.39 is 0 Å². The number of aliphatic hydroxyl groups is 1. The van der Waals surface area contributed by atoms with Gasteiger partial charge in [0.15, 0.2) is 0 Å². The summed E-state index contributed by atoms with van der Waals surface area (Å²) in [5.74, 6) is 0.506. The molecular weight excluding hydrogens is 166 g/mol. The van der Waals surface area contributed by atoms with Crippen LogP contribution in [-0.2, 0) is 4.74 Å². The molecule has 2 fully saturated rings. The Morgan fingerprint density at radius 2 is 2.15 bits per heavy atom. The molecule has 0 aromatic rings. The average Bonchev–Trinajstić information content (AvgIpc) is 2.49. The highest BCUT2D eigenvalue weighted by atomic mass is 16.5. The lowest BCUT2D eigenvalue weighted by atomic mass is 9.84. The fourth-order valence-corrected chi connectivity index (χ4v) is 2.43. The quantitative estimate of drug-likeness (QED) is 0.637. The molecule has 0 amide bonds. The Morgan fingerprint density at radius 3 is 2.62 bits per heavy atom. The summed E-state index contributed by atoms with van der Waals surface area (Å²) in [4.78, 5) is 0. The first kappa shape index (κ1) is 9.44. The monoisotopic (exact) mass is 185 g/mol. The minimum Gasteiger partial charge on any atom is -0.396 e. The number of aliphatic hydroxyl groups excluding tert-OH is 1. The van der Waals surface area contributed by atoms with Crippen LogP contribution >= 0.6 is 0 Å². The molecule has 1 aliphatic heterocycles. The van der Waals surface area contributed by atoms with Crippen LogP contribution in [0.15, 0.2) is 0 Å². The SMILES string of the molecule is CC1COC2(CCC(CO)CC2)N1. The van der Waals surface area contributed by atoms with Gasteiger partial charge in [0.05, 0.1) is 6.61 Å². The lowest BCUT2D eigenvalue weighted by molar-refractivity contribution is -0.0528. The third kappa shape index (κ3) is 1.87. The molecule has 1 unspecified atom stereocenters. The van der Waals surface area contributed by atoms with E-state index in [-0.39, 0.29) is 5.72 Å². The first-order valence-electron chi connectivity index (χ1n) is 5.27. The minimum absolute atomic E-state index is 0.0366. The fraction of sp³-hybridized carbons (Fsp3) is 1.00. The largest absolute Gasteiger partial charge is 0.396 e. The molecule has 0 bridgehead atoms. The Labute approximate surface area is 79.5 Å². The van der Waals surface area contributed by atoms with E-state index in [1.54, 1.807) is 0 Å². The molecule has 1 heterocycles. The maximum Gasteiger partial charge on any atom is 0.119 e. The molecule has 0 radical (unpaired) electrons. The summed E-state index contributed by atoms with van der Waals surface area (Å²) in [5.41, 5.74) is -0.0366. The van der Waals surface area contributed by atoms with Crippen LogP contribution in [0.2, 0.25) is 0 Å². The van der Waals surface area contributed by atoms with Gasteiger partial charge in [-0.25, -0.2) is 0 Å². The van der Waals surface area contributed by atoms with Crippen LogP contribution in [0.4, 0.5) is 0 Å². The van der Waals surface area contributed by atoms with Crippen molar-refractivity contribution < 1.29 is 9.84 Å². The zero-order chi connectivity index (χ0) is 9.31. The summed E-state index contributed by atoms with van der Waals surface area (Å²) >= 11 is 0. The van der Waals surface area contributed by atoms with Gasteiger partial charge in [-0.3, -0.25) is 5.32 Å². The van der Waals surface area contributed by atoms with Crippen molar-refractivity contribution in [3.05, 3.63) is 0 Å². The van der Waals surface area contributed by atoms with Gasteiger partial charge in [0.25, 0.3) is 0 Å². The molecule has 1 aliphatic carbocycles. The van der Waals surface area contributed by atoms with Crippen LogP contribution < -0.4 is 5.32 Å². The number of nitrogens with one attached hydrogen (secondary N) is 1. The molecule has 2 N–H and O–H groups in total. The number of ether oxygens (including phenoxy) is 1. The van der Waals surface area contributed by atoms with Crippen molar-refractivity contribution in [2.24, 2.45) is 5.92 Å². The van der Waals surface area contributed by atoms with Crippen molar-refractivity contribution in [3.63, 3.8) is 0 Å². The molecule has 1 saturated heterocycles. The van der Waals surface area contributed by atoms with E-state index in [0.717, 1.165) is 32.3 Å². The maximum absolute atomic E-state index is 9.01. The number of rotatable bonds is 1. The molecule has 2 aliphatic rings. The van der Waals surface area contributed by atoms with Crippen molar-refractivity contribution in [3.8, 4) is 0 Å². The van der Waals surface area contributed by atoms with Crippen molar-refractivity contribution in [1.82, 2.24) is 5.32 Å². The van der Waals surface area contributed by atoms with E-state index >= 15 is 0 Å². The summed E-state index contributed by atoms with van der Waals surface area (Å²) in [5, 5.41) is 12.5. The number of hydrogen-bond donors (Lipinski definition) is 2. The van der Waals surface area contributed by atoms with Gasteiger partial charge < -0.3 is 9.84 Å². The van der Waals surface area contributed by atoms with Gasteiger partial charge in [0.2, 0.25) is 0 Å². The smallest absolute Gasteiger partial charge is 0.119 e. The van der Waals surface area contributed by atoms with Gasteiger partial charge in [-0.1, -0.05) is 0 Å². The van der Waals surface area contributed by atoms with Crippen molar-refractivity contribution in [2.45, 2.75) is 44.4 Å². The zero-order valence-corrected chi connectivity index (χ0v) is 8.25. The van der Waals surface area contributed by atoms with E-state index in [2.05, 4.69) is 12.2 Å². The number of hydrogen-bond acceptors (Lipinski definition) is 3. The predicted molar refractivity (Wildman–Crippen MR) is 50.3 cm³/mol. The molecule has 3 heteroatoms. The van der Waals surface area contributed by atoms with Crippen molar-refractivity contribution in [1.29, 1.82) is 0 Å². The van der Waals surface area contributed by atoms with E-state index in [4.69, 9.17) is 9.84 Å². The van der Waals surface area contributed by atoms with Crippen molar-refractivity contribution >= 4 is 0 Å². The highest BCUT2D eigenvalue weighted by Gasteiger charge is 2.40. The Balaban J connectivity index is 1.90. The Morgan fingerprint density at radius 1 is 1.46 bits per heavy atom. The van der Waals surface area contributed by atoms with Crippen LogP contribution in [0.3, 0.4) is 0 Å². The first-order valence-corrected chi connectivity index (χ1v) is 5.27. The van der Waals surface area contributed by atoms with Gasteiger partial charge in [0, 0.05) is 12.6 Å². The molecule has 76 valence electrons. The van der Waals surface area contributed by atoms with Gasteiger partial charge in [-0.05, 0) is 38.5 Å². The van der Waals surface area contributed by atoms with Crippen LogP contribution in [0.5, 0.6) is 0 Å². The molecule has 1 saturated carbocycles. The molecule has 13 heavy (non-hydrogen) atoms. The van der Waals surface area contributed by atoms with Gasteiger partial charge in [-0.2, -0.15) is 0 Å². The fourth-order valence-electron chi connectivity index (χ4n) is 2.43. The van der Waals surface area contributed by atoms with Crippen LogP contribution in [0.25, 0.3) is 0 Å². The predicted octanol–water partition coefficient (Wildman–Crippen LogP) is 0.873. The van der Waals surface area contributed by atoms with Gasteiger partial charge in [0.1, 0.15) is 5.72 Å². The summed E-state index contributed by atoms with van der Waals surface area (Å²) < 4.78 is 5.79. The third-order valence-corrected chi connectivity index (χ3v) is 3.29. The highest BCUT2D eigenvalue weighted by Crippen LogP contribution is 2.35. The van der Waals surface area contributed by atoms with Gasteiger partial charge in [-0.15, -0.1) is 0 Å². The molecule has 1 spiro atoms. The first-order chi connectivity index (χ1) is 6.24. The summed E-state index contributed by atoms with van der Waals surface area (Å²) in [6.45, 7) is 3.34. The lowest BCUT2D eigenvalue weighted by Gasteiger charge is -2.36. The average molecular weight is 185 g/mol. The van der Waals surface area contributed by atoms with E-state index in [0.29, 0.717) is 18.6 Å². The topological polar surface area (TPSA) is 41.5 Å². The second-order valence-electron chi connectivity index (χ2n) is 4.48. The summed E-state index contributed by atoms with van der Waals surface area (Å²) in [7, 11) is 0. The van der Waals surface area contributed by atoms with E-state index in [9.17, 15) is 0 Å². The molecule has 0 aromatic heterocycles. The second kappa shape index (κ2) is 3.56. The van der Waals surface area contributed by atoms with Crippen LogP contribution in [-0.4, -0.2) is 30.1 Å². The summed E-state index contributed by atoms with van der Waals surface area (Å²) in [6, 6.07) is 0.491. The van der Waals surface area contributed by atoms with E-state index in [1.165, 1.54) is 0 Å². The Hall–Kier alpha value is -0.120. The molecule has 3 nitrogen and oxygen atoms in total. The molecule has 2 rings (SSSR count). The van der Waals surface area contributed by atoms with Gasteiger partial charge >= 0.3 is 0 Å². The molecule has 1 atom stereocenters. The highest BCUT2D eigenvalue weighted by molar-refractivity contribution is 4.91. The Bertz CT molecular complexity index is 176. The molecular formula is C10H19NO2. The minimum atomic E-state index is -0.0366. The lowest BCUT2D eigenvalue weighted by Crippen LogP contribution is -2.46. The van der Waals surface area contributed by atoms with E-state index in [1.807, 2.05) is 0 Å². The summed E-state index contributed by atoms with van der Waals surface area (Å²) in [6.07, 6.45) is 4.30. The molecule has 0 aromatic carbocycles. The maximum atomic E-state index is 9.01. The van der Waals surface area contributed by atoms with Crippen LogP contribution in [0.1, 0.15) is 32.6 Å². The zero-order valence-electron chi connectivity index (χ0n) is 8.25. The van der Waals surface area contributed by atoms with Crippen molar-refractivity contribution in [2.75, 3.05) is 13.2 Å².